The quantitative estimate of drug-likeness (QED) is 0.808. The van der Waals surface area contributed by atoms with Crippen LogP contribution in [0, 0.1) is 11.3 Å². The van der Waals surface area contributed by atoms with Crippen LogP contribution in [-0.2, 0) is 12.7 Å². The van der Waals surface area contributed by atoms with Gasteiger partial charge in [0, 0.05) is 0 Å². The molecule has 0 radical (unpaired) electrons. The number of hydrogen-bond acceptors (Lipinski definition) is 4. The highest BCUT2D eigenvalue weighted by atomic mass is 19.4. The van der Waals surface area contributed by atoms with Crippen molar-refractivity contribution < 1.29 is 13.2 Å². The van der Waals surface area contributed by atoms with Crippen LogP contribution in [0.2, 0.25) is 0 Å². The third-order valence-electron chi connectivity index (χ3n) is 2.45. The van der Waals surface area contributed by atoms with Gasteiger partial charge in [-0.2, -0.15) is 18.4 Å². The topological polar surface area (TPSA) is 67.4 Å². The van der Waals surface area contributed by atoms with Crippen molar-refractivity contribution in [2.24, 2.45) is 0 Å². The minimum Gasteiger partial charge on any atom is -0.227 e. The van der Waals surface area contributed by atoms with Gasteiger partial charge in [0.05, 0.1) is 23.8 Å². The monoisotopic (exact) mass is 279 g/mol. The zero-order valence-corrected chi connectivity index (χ0v) is 10.0. The summed E-state index contributed by atoms with van der Waals surface area (Å²) < 4.78 is 38.6. The molecule has 5 nitrogen and oxygen atoms in total. The van der Waals surface area contributed by atoms with E-state index in [0.29, 0.717) is 11.1 Å². The van der Waals surface area contributed by atoms with E-state index < -0.39 is 11.7 Å². The van der Waals surface area contributed by atoms with Crippen molar-refractivity contribution in [3.63, 3.8) is 0 Å². The Morgan fingerprint density at radius 3 is 2.50 bits per heavy atom. The van der Waals surface area contributed by atoms with E-state index in [2.05, 4.69) is 15.5 Å². The van der Waals surface area contributed by atoms with Gasteiger partial charge in [-0.1, -0.05) is 12.1 Å². The summed E-state index contributed by atoms with van der Waals surface area (Å²) in [6.45, 7) is 0.157. The minimum absolute atomic E-state index is 0.157. The van der Waals surface area contributed by atoms with Crippen LogP contribution in [0.25, 0.3) is 6.08 Å². The van der Waals surface area contributed by atoms with Crippen molar-refractivity contribution in [3.05, 3.63) is 47.3 Å². The molecule has 1 aromatic heterocycles. The average Bonchev–Trinajstić information content (AvgIpc) is 2.90. The van der Waals surface area contributed by atoms with Gasteiger partial charge in [-0.25, -0.2) is 4.68 Å². The maximum absolute atomic E-state index is 12.4. The molecule has 102 valence electrons. The molecule has 0 saturated heterocycles. The number of halogens is 3. The summed E-state index contributed by atoms with van der Waals surface area (Å²) in [4.78, 5) is 0. The molecule has 1 aromatic carbocycles. The summed E-state index contributed by atoms with van der Waals surface area (Å²) in [5.41, 5.74) is 0.105. The number of tetrazole rings is 1. The van der Waals surface area contributed by atoms with Crippen LogP contribution in [0.4, 0.5) is 13.2 Å². The molecule has 0 aliphatic carbocycles. The molecule has 0 aliphatic rings. The van der Waals surface area contributed by atoms with Crippen molar-refractivity contribution in [2.75, 3.05) is 0 Å². The maximum Gasteiger partial charge on any atom is 0.416 e. The second-order valence-electron chi connectivity index (χ2n) is 3.91. The Kier molecular flexibility index (Phi) is 3.79. The predicted octanol–water partition coefficient (Wildman–Crippen LogP) is 2.30. The summed E-state index contributed by atoms with van der Waals surface area (Å²) in [6.07, 6.45) is -1.54. The van der Waals surface area contributed by atoms with E-state index in [-0.39, 0.29) is 6.54 Å². The molecule has 2 rings (SSSR count). The van der Waals surface area contributed by atoms with Crippen molar-refractivity contribution in [1.82, 2.24) is 20.2 Å². The van der Waals surface area contributed by atoms with E-state index >= 15 is 0 Å². The number of aromatic nitrogens is 4. The van der Waals surface area contributed by atoms with Crippen LogP contribution in [0.5, 0.6) is 0 Å². The first-order chi connectivity index (χ1) is 9.49. The molecule has 0 bridgehead atoms. The van der Waals surface area contributed by atoms with E-state index in [1.807, 2.05) is 6.07 Å². The van der Waals surface area contributed by atoms with Crippen LogP contribution in [-0.4, -0.2) is 20.2 Å². The lowest BCUT2D eigenvalue weighted by molar-refractivity contribution is -0.137. The highest BCUT2D eigenvalue weighted by Gasteiger charge is 2.29. The van der Waals surface area contributed by atoms with E-state index in [9.17, 15) is 13.2 Å². The minimum atomic E-state index is -4.37. The van der Waals surface area contributed by atoms with Gasteiger partial charge in [0.25, 0.3) is 0 Å². The summed E-state index contributed by atoms with van der Waals surface area (Å²) >= 11 is 0. The van der Waals surface area contributed by atoms with Crippen molar-refractivity contribution in [1.29, 1.82) is 5.26 Å². The highest BCUT2D eigenvalue weighted by Crippen LogP contribution is 2.29. The Morgan fingerprint density at radius 2 is 2.00 bits per heavy atom. The number of hydrogen-bond donors (Lipinski definition) is 0. The maximum atomic E-state index is 12.4. The Bertz CT molecular complexity index is 635. The molecule has 2 aromatic rings. The van der Waals surface area contributed by atoms with Gasteiger partial charge in [0.15, 0.2) is 0 Å². The fourth-order valence-corrected chi connectivity index (χ4v) is 1.51. The van der Waals surface area contributed by atoms with Gasteiger partial charge in [0.1, 0.15) is 6.33 Å². The van der Waals surface area contributed by atoms with E-state index in [1.165, 1.54) is 29.2 Å². The molecule has 0 amide bonds. The summed E-state index contributed by atoms with van der Waals surface area (Å²) in [5.74, 6) is 0. The van der Waals surface area contributed by atoms with Crippen molar-refractivity contribution in [2.45, 2.75) is 12.7 Å². The fourth-order valence-electron chi connectivity index (χ4n) is 1.51. The molecule has 0 saturated carbocycles. The third kappa shape index (κ3) is 3.41. The van der Waals surface area contributed by atoms with E-state index in [4.69, 9.17) is 5.26 Å². The zero-order valence-electron chi connectivity index (χ0n) is 10.0. The lowest BCUT2D eigenvalue weighted by Gasteiger charge is -2.06. The number of nitriles is 1. The second kappa shape index (κ2) is 5.52. The standard InChI is InChI=1S/C12H8F3N5/c13-12(14,15)11-3-1-9(2-4-11)5-10(6-16)7-20-8-17-18-19-20/h1-5,8H,7H2/b10-5+. The largest absolute Gasteiger partial charge is 0.416 e. The second-order valence-corrected chi connectivity index (χ2v) is 3.91. The Hall–Kier alpha value is -2.69. The van der Waals surface area contributed by atoms with Crippen LogP contribution >= 0.6 is 0 Å². The fraction of sp³-hybridized carbons (Fsp3) is 0.167. The molecule has 8 heteroatoms. The molecule has 0 unspecified atom stereocenters. The SMILES string of the molecule is N#C/C(=C\c1ccc(C(F)(F)F)cc1)Cn1cnnn1. The third-order valence-corrected chi connectivity index (χ3v) is 2.45. The average molecular weight is 279 g/mol. The van der Waals surface area contributed by atoms with Gasteiger partial charge >= 0.3 is 6.18 Å². The number of nitrogens with zero attached hydrogens (tertiary/aromatic N) is 5. The highest BCUT2D eigenvalue weighted by molar-refractivity contribution is 5.57. The Balaban J connectivity index is 2.18. The first-order valence-corrected chi connectivity index (χ1v) is 5.48. The molecule has 0 atom stereocenters. The smallest absolute Gasteiger partial charge is 0.227 e. The summed E-state index contributed by atoms with van der Waals surface area (Å²) in [6, 6.07) is 6.51. The molecule has 1 heterocycles. The molecule has 0 N–H and O–H groups in total. The van der Waals surface area contributed by atoms with Crippen LogP contribution in [0.3, 0.4) is 0 Å². The van der Waals surface area contributed by atoms with Gasteiger partial charge in [-0.05, 0) is 34.2 Å². The van der Waals surface area contributed by atoms with Gasteiger partial charge in [-0.3, -0.25) is 0 Å². The van der Waals surface area contributed by atoms with Gasteiger partial charge in [0.2, 0.25) is 0 Å². The zero-order chi connectivity index (χ0) is 14.6. The van der Waals surface area contributed by atoms with Crippen molar-refractivity contribution in [3.8, 4) is 6.07 Å². The first kappa shape index (κ1) is 13.7. The Labute approximate surface area is 111 Å². The lowest BCUT2D eigenvalue weighted by Crippen LogP contribution is -2.04. The van der Waals surface area contributed by atoms with E-state index in [1.54, 1.807) is 0 Å². The first-order valence-electron chi connectivity index (χ1n) is 5.48. The van der Waals surface area contributed by atoms with Crippen LogP contribution in [0.15, 0.2) is 36.2 Å². The predicted molar refractivity (Wildman–Crippen MR) is 62.9 cm³/mol. The van der Waals surface area contributed by atoms with Gasteiger partial charge < -0.3 is 0 Å². The lowest BCUT2D eigenvalue weighted by atomic mass is 10.1. The van der Waals surface area contributed by atoms with E-state index in [0.717, 1.165) is 12.1 Å². The Morgan fingerprint density at radius 1 is 1.30 bits per heavy atom. The molecular formula is C12H8F3N5. The summed E-state index contributed by atoms with van der Waals surface area (Å²) in [7, 11) is 0. The number of allylic oxidation sites excluding steroid dienone is 1. The number of alkyl halides is 3. The normalized spacial score (nSPS) is 12.2. The summed E-state index contributed by atoms with van der Waals surface area (Å²) in [5, 5.41) is 19.4. The molecule has 20 heavy (non-hydrogen) atoms. The number of benzene rings is 1. The van der Waals surface area contributed by atoms with Crippen molar-refractivity contribution >= 4 is 6.08 Å². The van der Waals surface area contributed by atoms with Crippen LogP contribution in [0.1, 0.15) is 11.1 Å². The number of rotatable bonds is 3. The molecule has 0 aliphatic heterocycles. The van der Waals surface area contributed by atoms with Gasteiger partial charge in [-0.15, -0.1) is 5.10 Å². The molecule has 0 fully saturated rings. The van der Waals surface area contributed by atoms with Crippen LogP contribution < -0.4 is 0 Å². The molecular weight excluding hydrogens is 271 g/mol. The molecule has 0 spiro atoms.